The van der Waals surface area contributed by atoms with Crippen molar-refractivity contribution >= 4 is 23.3 Å². The van der Waals surface area contributed by atoms with Crippen molar-refractivity contribution in [3.05, 3.63) is 57.5 Å². The topological polar surface area (TPSA) is 135 Å². The number of anilines is 1. The summed E-state index contributed by atoms with van der Waals surface area (Å²) in [7, 11) is 0. The van der Waals surface area contributed by atoms with Crippen LogP contribution >= 0.6 is 0 Å². The van der Waals surface area contributed by atoms with Gasteiger partial charge in [-0.3, -0.25) is 14.9 Å². The van der Waals surface area contributed by atoms with Gasteiger partial charge >= 0.3 is 5.97 Å². The van der Waals surface area contributed by atoms with E-state index in [9.17, 15) is 19.7 Å². The van der Waals surface area contributed by atoms with Crippen molar-refractivity contribution in [1.82, 2.24) is 5.32 Å². The number of hydrogen-bond acceptors (Lipinski definition) is 6. The normalized spacial score (nSPS) is 10.3. The van der Waals surface area contributed by atoms with E-state index in [1.807, 2.05) is 0 Å². The molecule has 2 rings (SSSR count). The zero-order valence-corrected chi connectivity index (χ0v) is 13.4. The summed E-state index contributed by atoms with van der Waals surface area (Å²) >= 11 is 0. The van der Waals surface area contributed by atoms with Crippen molar-refractivity contribution in [2.45, 2.75) is 13.3 Å². The minimum Gasteiger partial charge on any atom is -0.478 e. The second-order valence-corrected chi connectivity index (χ2v) is 5.06. The van der Waals surface area contributed by atoms with Crippen molar-refractivity contribution in [3.63, 3.8) is 0 Å². The first-order valence-electron chi connectivity index (χ1n) is 7.55. The molecule has 132 valence electrons. The van der Waals surface area contributed by atoms with Crippen LogP contribution in [0.4, 0.5) is 11.4 Å². The van der Waals surface area contributed by atoms with Crippen LogP contribution in [0.3, 0.4) is 0 Å². The van der Waals surface area contributed by atoms with Crippen molar-refractivity contribution < 1.29 is 24.0 Å². The van der Waals surface area contributed by atoms with Gasteiger partial charge in [-0.05, 0) is 6.07 Å². The van der Waals surface area contributed by atoms with Gasteiger partial charge in [-0.2, -0.15) is 0 Å². The highest BCUT2D eigenvalue weighted by atomic mass is 16.6. The molecule has 0 spiro atoms. The number of carbonyl (C=O) groups excluding carboxylic acids is 1. The first-order chi connectivity index (χ1) is 11.9. The third kappa shape index (κ3) is 4.34. The Labute approximate surface area is 142 Å². The van der Waals surface area contributed by atoms with Gasteiger partial charge in [0, 0.05) is 31.6 Å². The lowest BCUT2D eigenvalue weighted by Crippen LogP contribution is -2.28. The Bertz CT molecular complexity index is 799. The van der Waals surface area contributed by atoms with Gasteiger partial charge in [-0.25, -0.2) is 4.79 Å². The van der Waals surface area contributed by atoms with E-state index in [-0.39, 0.29) is 35.9 Å². The molecule has 0 radical (unpaired) electrons. The second kappa shape index (κ2) is 7.95. The Hall–Kier alpha value is -3.36. The lowest BCUT2D eigenvalue weighted by Gasteiger charge is -2.07. The Morgan fingerprint density at radius 2 is 2.00 bits per heavy atom. The van der Waals surface area contributed by atoms with Gasteiger partial charge in [0.05, 0.1) is 4.92 Å². The fourth-order valence-electron chi connectivity index (χ4n) is 2.23. The average Bonchev–Trinajstić information content (AvgIpc) is 3.03. The molecule has 0 saturated carbocycles. The van der Waals surface area contributed by atoms with E-state index >= 15 is 0 Å². The Kier molecular flexibility index (Phi) is 5.72. The molecule has 1 aromatic carbocycles. The molecule has 2 aromatic rings. The average molecular weight is 347 g/mol. The maximum atomic E-state index is 12.0. The van der Waals surface area contributed by atoms with E-state index in [4.69, 9.17) is 9.52 Å². The maximum absolute atomic E-state index is 12.0. The first kappa shape index (κ1) is 18.0. The molecule has 0 aliphatic carbocycles. The number of nitro benzene ring substituents is 1. The minimum absolute atomic E-state index is 0.0364. The monoisotopic (exact) mass is 347 g/mol. The van der Waals surface area contributed by atoms with E-state index in [2.05, 4.69) is 10.6 Å². The van der Waals surface area contributed by atoms with Crippen LogP contribution < -0.4 is 10.6 Å². The highest BCUT2D eigenvalue weighted by Gasteiger charge is 2.19. The number of carboxylic acids is 1. The molecule has 1 heterocycles. The number of carbonyl (C=O) groups is 2. The van der Waals surface area contributed by atoms with Gasteiger partial charge in [0.1, 0.15) is 17.0 Å². The van der Waals surface area contributed by atoms with Gasteiger partial charge < -0.3 is 20.2 Å². The van der Waals surface area contributed by atoms with Gasteiger partial charge in [0.15, 0.2) is 5.76 Å². The highest BCUT2D eigenvalue weighted by molar-refractivity contribution is 5.96. The zero-order valence-electron chi connectivity index (χ0n) is 13.4. The number of aryl methyl sites for hydroxylation is 1. The van der Waals surface area contributed by atoms with E-state index in [0.717, 1.165) is 0 Å². The van der Waals surface area contributed by atoms with E-state index in [1.165, 1.54) is 12.1 Å². The molecule has 0 atom stereocenters. The standard InChI is InChI=1S/C16H17N3O6/c1-2-13-10(16(21)22)9-14(25-13)15(20)18-8-7-17-11-5-3-4-6-12(11)19(23)24/h3-6,9,17H,2,7-8H2,1H3,(H,18,20)(H,21,22). The zero-order chi connectivity index (χ0) is 18.4. The Balaban J connectivity index is 1.91. The van der Waals surface area contributed by atoms with Crippen LogP contribution in [-0.2, 0) is 6.42 Å². The van der Waals surface area contributed by atoms with Crippen molar-refractivity contribution in [3.8, 4) is 0 Å². The van der Waals surface area contributed by atoms with Gasteiger partial charge in [-0.15, -0.1) is 0 Å². The lowest BCUT2D eigenvalue weighted by molar-refractivity contribution is -0.384. The van der Waals surface area contributed by atoms with Crippen LogP contribution in [0.15, 0.2) is 34.7 Å². The SMILES string of the molecule is CCc1oc(C(=O)NCCNc2ccccc2[N+](=O)[O-])cc1C(=O)O. The molecule has 9 nitrogen and oxygen atoms in total. The van der Waals surface area contributed by atoms with E-state index < -0.39 is 16.8 Å². The summed E-state index contributed by atoms with van der Waals surface area (Å²) in [6, 6.07) is 7.36. The fraction of sp³-hybridized carbons (Fsp3) is 0.250. The molecule has 0 fully saturated rings. The molecule has 0 saturated heterocycles. The Morgan fingerprint density at radius 1 is 1.28 bits per heavy atom. The van der Waals surface area contributed by atoms with Crippen molar-refractivity contribution in [2.24, 2.45) is 0 Å². The largest absolute Gasteiger partial charge is 0.478 e. The number of furan rings is 1. The summed E-state index contributed by atoms with van der Waals surface area (Å²) in [5.41, 5.74) is 0.255. The van der Waals surface area contributed by atoms with Crippen LogP contribution in [0, 0.1) is 10.1 Å². The van der Waals surface area contributed by atoms with Crippen LogP contribution in [0.25, 0.3) is 0 Å². The summed E-state index contributed by atoms with van der Waals surface area (Å²) in [5.74, 6) is -1.56. The summed E-state index contributed by atoms with van der Waals surface area (Å²) in [5, 5.41) is 25.4. The number of amides is 1. The molecule has 0 aliphatic rings. The van der Waals surface area contributed by atoms with Crippen LogP contribution in [0.1, 0.15) is 33.6 Å². The lowest BCUT2D eigenvalue weighted by atomic mass is 10.2. The number of aromatic carboxylic acids is 1. The fourth-order valence-corrected chi connectivity index (χ4v) is 2.23. The van der Waals surface area contributed by atoms with Crippen molar-refractivity contribution in [2.75, 3.05) is 18.4 Å². The van der Waals surface area contributed by atoms with Crippen molar-refractivity contribution in [1.29, 1.82) is 0 Å². The van der Waals surface area contributed by atoms with Crippen LogP contribution in [0.2, 0.25) is 0 Å². The summed E-state index contributed by atoms with van der Waals surface area (Å²) in [6.07, 6.45) is 0.355. The quantitative estimate of drug-likeness (QED) is 0.379. The molecular formula is C16H17N3O6. The smallest absolute Gasteiger partial charge is 0.339 e. The maximum Gasteiger partial charge on any atom is 0.339 e. The second-order valence-electron chi connectivity index (χ2n) is 5.06. The summed E-state index contributed by atoms with van der Waals surface area (Å²) in [6.45, 7) is 2.16. The van der Waals surface area contributed by atoms with E-state index in [1.54, 1.807) is 25.1 Å². The van der Waals surface area contributed by atoms with Gasteiger partial charge in [0.2, 0.25) is 0 Å². The molecule has 1 aromatic heterocycles. The molecule has 0 bridgehead atoms. The molecule has 25 heavy (non-hydrogen) atoms. The third-order valence-electron chi connectivity index (χ3n) is 3.41. The number of carboxylic acid groups (broad SMARTS) is 1. The number of hydrogen-bond donors (Lipinski definition) is 3. The number of rotatable bonds is 8. The summed E-state index contributed by atoms with van der Waals surface area (Å²) in [4.78, 5) is 33.5. The van der Waals surface area contributed by atoms with Gasteiger partial charge in [-0.1, -0.05) is 19.1 Å². The highest BCUT2D eigenvalue weighted by Crippen LogP contribution is 2.22. The predicted octanol–water partition coefficient (Wildman–Crippen LogP) is 2.29. The molecule has 9 heteroatoms. The third-order valence-corrected chi connectivity index (χ3v) is 3.41. The number of para-hydroxylation sites is 2. The number of benzene rings is 1. The molecule has 3 N–H and O–H groups in total. The minimum atomic E-state index is -1.15. The van der Waals surface area contributed by atoms with E-state index in [0.29, 0.717) is 12.1 Å². The number of nitro groups is 1. The predicted molar refractivity (Wildman–Crippen MR) is 89.0 cm³/mol. The van der Waals surface area contributed by atoms with Crippen LogP contribution in [0.5, 0.6) is 0 Å². The Morgan fingerprint density at radius 3 is 2.60 bits per heavy atom. The first-order valence-corrected chi connectivity index (χ1v) is 7.55. The molecule has 0 unspecified atom stereocenters. The number of nitrogens with zero attached hydrogens (tertiary/aromatic N) is 1. The molecule has 0 aliphatic heterocycles. The summed E-state index contributed by atoms with van der Waals surface area (Å²) < 4.78 is 5.25. The van der Waals surface area contributed by atoms with Crippen LogP contribution in [-0.4, -0.2) is 35.0 Å². The molecule has 1 amide bonds. The van der Waals surface area contributed by atoms with Gasteiger partial charge in [0.25, 0.3) is 11.6 Å². The molecular weight excluding hydrogens is 330 g/mol. The number of nitrogens with one attached hydrogen (secondary N) is 2.